The molecule has 1 N–H and O–H groups in total. The summed E-state index contributed by atoms with van der Waals surface area (Å²) in [5, 5.41) is 3.43. The summed E-state index contributed by atoms with van der Waals surface area (Å²) in [5.74, 6) is 1.74. The normalized spacial score (nSPS) is 24.9. The van der Waals surface area contributed by atoms with Gasteiger partial charge in [-0.25, -0.2) is 0 Å². The summed E-state index contributed by atoms with van der Waals surface area (Å²) in [7, 11) is 0. The van der Waals surface area contributed by atoms with Crippen molar-refractivity contribution in [2.45, 2.75) is 45.6 Å². The van der Waals surface area contributed by atoms with Gasteiger partial charge in [0, 0.05) is 52.4 Å². The molecule has 0 spiro atoms. The Morgan fingerprint density at radius 3 is 2.39 bits per heavy atom. The van der Waals surface area contributed by atoms with Gasteiger partial charge in [0.1, 0.15) is 6.10 Å². The molecule has 8 heteroatoms. The van der Waals surface area contributed by atoms with E-state index in [1.54, 1.807) is 0 Å². The molecule has 3 heterocycles. The summed E-state index contributed by atoms with van der Waals surface area (Å²) in [6, 6.07) is 0. The number of rotatable bonds is 6. The second-order valence-electron chi connectivity index (χ2n) is 8.12. The van der Waals surface area contributed by atoms with E-state index in [0.717, 1.165) is 71.2 Å². The largest absolute Gasteiger partial charge is 0.368 e. The molecule has 0 saturated carbocycles. The van der Waals surface area contributed by atoms with Gasteiger partial charge in [-0.05, 0) is 51.6 Å². The van der Waals surface area contributed by atoms with Crippen LogP contribution in [0.3, 0.4) is 0 Å². The Hall–Kier alpha value is -0.610. The molecule has 0 aromatic heterocycles. The maximum atomic E-state index is 12.5. The molecular formula is C20H38IN5O2. The van der Waals surface area contributed by atoms with Gasteiger partial charge in [-0.2, -0.15) is 0 Å². The van der Waals surface area contributed by atoms with E-state index in [-0.39, 0.29) is 36.0 Å². The molecule has 162 valence electrons. The second kappa shape index (κ2) is 12.2. The highest BCUT2D eigenvalue weighted by atomic mass is 127. The van der Waals surface area contributed by atoms with Crippen molar-refractivity contribution in [3.8, 4) is 0 Å². The molecule has 0 radical (unpaired) electrons. The molecule has 3 fully saturated rings. The number of ether oxygens (including phenoxy) is 1. The van der Waals surface area contributed by atoms with Crippen LogP contribution in [0.25, 0.3) is 0 Å². The average Bonchev–Trinajstić information content (AvgIpc) is 3.39. The lowest BCUT2D eigenvalue weighted by molar-refractivity contribution is -0.142. The molecule has 0 bridgehead atoms. The monoisotopic (exact) mass is 507 g/mol. The summed E-state index contributed by atoms with van der Waals surface area (Å²) in [5.41, 5.74) is 0. The van der Waals surface area contributed by atoms with Crippen LogP contribution in [0.1, 0.15) is 39.5 Å². The fourth-order valence-corrected chi connectivity index (χ4v) is 4.25. The first-order valence-corrected chi connectivity index (χ1v) is 10.8. The van der Waals surface area contributed by atoms with E-state index < -0.39 is 0 Å². The summed E-state index contributed by atoms with van der Waals surface area (Å²) < 4.78 is 5.56. The van der Waals surface area contributed by atoms with Crippen LogP contribution >= 0.6 is 24.0 Å². The third-order valence-electron chi connectivity index (χ3n) is 5.75. The van der Waals surface area contributed by atoms with Crippen LogP contribution in [0.4, 0.5) is 0 Å². The second-order valence-corrected chi connectivity index (χ2v) is 8.12. The van der Waals surface area contributed by atoms with Crippen molar-refractivity contribution in [2.24, 2.45) is 10.9 Å². The molecule has 3 aliphatic heterocycles. The number of amides is 1. The predicted molar refractivity (Wildman–Crippen MR) is 123 cm³/mol. The Bertz CT molecular complexity index is 499. The molecule has 3 aliphatic rings. The van der Waals surface area contributed by atoms with Gasteiger partial charge in [-0.1, -0.05) is 6.92 Å². The highest BCUT2D eigenvalue weighted by Gasteiger charge is 2.31. The van der Waals surface area contributed by atoms with Crippen molar-refractivity contribution in [1.29, 1.82) is 0 Å². The number of nitrogens with zero attached hydrogens (tertiary/aromatic N) is 4. The van der Waals surface area contributed by atoms with E-state index >= 15 is 0 Å². The molecule has 1 amide bonds. The lowest BCUT2D eigenvalue weighted by Crippen LogP contribution is -2.55. The Morgan fingerprint density at radius 2 is 1.79 bits per heavy atom. The molecule has 0 aromatic carbocycles. The van der Waals surface area contributed by atoms with Gasteiger partial charge >= 0.3 is 0 Å². The molecule has 28 heavy (non-hydrogen) atoms. The smallest absolute Gasteiger partial charge is 0.251 e. The molecule has 3 rings (SSSR count). The van der Waals surface area contributed by atoms with Crippen LogP contribution in [0.2, 0.25) is 0 Å². The summed E-state index contributed by atoms with van der Waals surface area (Å²) in [6.07, 6.45) is 4.35. The van der Waals surface area contributed by atoms with Crippen molar-refractivity contribution in [3.63, 3.8) is 0 Å². The summed E-state index contributed by atoms with van der Waals surface area (Å²) in [4.78, 5) is 24.2. The third kappa shape index (κ3) is 6.73. The fraction of sp³-hybridized carbons (Fsp3) is 0.900. The zero-order valence-electron chi connectivity index (χ0n) is 17.6. The first kappa shape index (κ1) is 23.7. The van der Waals surface area contributed by atoms with Gasteiger partial charge in [0.25, 0.3) is 5.91 Å². The van der Waals surface area contributed by atoms with E-state index in [1.807, 2.05) is 4.90 Å². The van der Waals surface area contributed by atoms with Crippen LogP contribution in [0.5, 0.6) is 0 Å². The molecule has 0 aliphatic carbocycles. The Kier molecular flexibility index (Phi) is 10.3. The van der Waals surface area contributed by atoms with Gasteiger partial charge in [0.15, 0.2) is 5.96 Å². The minimum Gasteiger partial charge on any atom is -0.368 e. The van der Waals surface area contributed by atoms with E-state index in [2.05, 4.69) is 29.0 Å². The molecule has 2 unspecified atom stereocenters. The van der Waals surface area contributed by atoms with E-state index in [4.69, 9.17) is 9.73 Å². The van der Waals surface area contributed by atoms with Crippen LogP contribution in [-0.4, -0.2) is 98.2 Å². The fourth-order valence-electron chi connectivity index (χ4n) is 4.25. The van der Waals surface area contributed by atoms with Gasteiger partial charge in [0.05, 0.1) is 0 Å². The lowest BCUT2D eigenvalue weighted by atomic mass is 10.2. The number of carbonyl (C=O) groups excluding carboxylic acids is 1. The van der Waals surface area contributed by atoms with Crippen molar-refractivity contribution >= 4 is 35.8 Å². The first-order chi connectivity index (χ1) is 13.2. The minimum absolute atomic E-state index is 0. The number of piperazine rings is 1. The van der Waals surface area contributed by atoms with Crippen LogP contribution in [0.15, 0.2) is 4.99 Å². The standard InChI is InChI=1S/C20H37N5O2.HI/c1-3-21-20(22-15-17(2)16-23-8-4-5-9-23)25-12-10-24(11-13-25)19(26)18-7-6-14-27-18;/h17-18H,3-16H2,1-2H3,(H,21,22);1H. The number of aliphatic imine (C=N–C) groups is 1. The van der Waals surface area contributed by atoms with E-state index in [1.165, 1.54) is 25.9 Å². The van der Waals surface area contributed by atoms with Crippen molar-refractivity contribution < 1.29 is 9.53 Å². The number of hydrogen-bond donors (Lipinski definition) is 1. The number of guanidine groups is 1. The zero-order valence-corrected chi connectivity index (χ0v) is 19.9. The first-order valence-electron chi connectivity index (χ1n) is 10.8. The zero-order chi connectivity index (χ0) is 19.1. The predicted octanol–water partition coefficient (Wildman–Crippen LogP) is 1.63. The number of halogens is 1. The maximum absolute atomic E-state index is 12.5. The quantitative estimate of drug-likeness (QED) is 0.337. The number of hydrogen-bond acceptors (Lipinski definition) is 4. The Labute approximate surface area is 187 Å². The Morgan fingerprint density at radius 1 is 1.11 bits per heavy atom. The topological polar surface area (TPSA) is 60.4 Å². The summed E-state index contributed by atoms with van der Waals surface area (Å²) >= 11 is 0. The highest BCUT2D eigenvalue weighted by molar-refractivity contribution is 14.0. The van der Waals surface area contributed by atoms with Crippen LogP contribution in [0, 0.1) is 5.92 Å². The van der Waals surface area contributed by atoms with Gasteiger partial charge < -0.3 is 24.8 Å². The number of carbonyl (C=O) groups is 1. The van der Waals surface area contributed by atoms with E-state index in [0.29, 0.717) is 5.92 Å². The van der Waals surface area contributed by atoms with Gasteiger partial charge in [-0.3, -0.25) is 9.79 Å². The Balaban J connectivity index is 0.00000280. The van der Waals surface area contributed by atoms with Gasteiger partial charge in [-0.15, -0.1) is 24.0 Å². The highest BCUT2D eigenvalue weighted by Crippen LogP contribution is 2.16. The van der Waals surface area contributed by atoms with Gasteiger partial charge in [0.2, 0.25) is 0 Å². The minimum atomic E-state index is -0.204. The summed E-state index contributed by atoms with van der Waals surface area (Å²) in [6.45, 7) is 13.7. The number of nitrogens with one attached hydrogen (secondary N) is 1. The molecular weight excluding hydrogens is 469 g/mol. The lowest BCUT2D eigenvalue weighted by Gasteiger charge is -2.37. The van der Waals surface area contributed by atoms with E-state index in [9.17, 15) is 4.79 Å². The van der Waals surface area contributed by atoms with Crippen molar-refractivity contribution in [1.82, 2.24) is 20.0 Å². The maximum Gasteiger partial charge on any atom is 0.251 e. The molecule has 7 nitrogen and oxygen atoms in total. The van der Waals surface area contributed by atoms with Crippen LogP contribution < -0.4 is 5.32 Å². The van der Waals surface area contributed by atoms with Crippen LogP contribution in [-0.2, 0) is 9.53 Å². The van der Waals surface area contributed by atoms with Crippen molar-refractivity contribution in [3.05, 3.63) is 0 Å². The SMILES string of the molecule is CCNC(=NCC(C)CN1CCCC1)N1CCN(C(=O)C2CCCO2)CC1.I. The van der Waals surface area contributed by atoms with Crippen molar-refractivity contribution in [2.75, 3.05) is 65.5 Å². The number of likely N-dealkylation sites (tertiary alicyclic amines) is 1. The third-order valence-corrected chi connectivity index (χ3v) is 5.75. The molecule has 3 saturated heterocycles. The molecule has 0 aromatic rings. The molecule has 2 atom stereocenters. The average molecular weight is 507 g/mol.